The predicted octanol–water partition coefficient (Wildman–Crippen LogP) is 13.8. The van der Waals surface area contributed by atoms with Crippen LogP contribution in [-0.4, -0.2) is 128 Å². The number of para-hydroxylation sites is 1. The molecule has 0 spiro atoms. The number of thiophene rings is 3. The number of esters is 5. The highest BCUT2D eigenvalue weighted by Gasteiger charge is 2.24. The van der Waals surface area contributed by atoms with Gasteiger partial charge in [-0.2, -0.15) is 0 Å². The van der Waals surface area contributed by atoms with Crippen molar-refractivity contribution in [3.63, 3.8) is 0 Å². The summed E-state index contributed by atoms with van der Waals surface area (Å²) in [5.41, 5.74) is 3.42. The number of amides is 5. The monoisotopic (exact) mass is 1570 g/mol. The molecule has 5 heterocycles. The third kappa shape index (κ3) is 36.5. The lowest BCUT2D eigenvalue weighted by molar-refractivity contribution is -0.148. The summed E-state index contributed by atoms with van der Waals surface area (Å²) in [5.74, 6) is -0.784. The summed E-state index contributed by atoms with van der Waals surface area (Å²) >= 11 is 12.0. The van der Waals surface area contributed by atoms with Crippen LogP contribution in [0.4, 0.5) is 0 Å². The Balaban J connectivity index is 0.000000284. The van der Waals surface area contributed by atoms with Crippen LogP contribution in [-0.2, 0) is 104 Å². The Morgan fingerprint density at radius 3 is 1.29 bits per heavy atom. The van der Waals surface area contributed by atoms with Crippen LogP contribution in [0.5, 0.6) is 0 Å². The number of nitrogens with one attached hydrogen (secondary N) is 5. The molecule has 0 saturated carbocycles. The van der Waals surface area contributed by atoms with E-state index in [0.717, 1.165) is 46.2 Å². The highest BCUT2D eigenvalue weighted by atomic mass is 35.5. The molecule has 5 atom stereocenters. The van der Waals surface area contributed by atoms with E-state index >= 15 is 0 Å². The molecule has 3 aromatic carbocycles. The lowest BCUT2D eigenvalue weighted by Crippen LogP contribution is -2.40. The molecule has 5 N–H and O–H groups in total. The fraction of sp³-hybridized carbons (Fsp3) is 0.456. The van der Waals surface area contributed by atoms with E-state index in [0.29, 0.717) is 54.6 Å². The molecule has 0 fully saturated rings. The number of ether oxygens (including phenoxy) is 5. The third-order valence-corrected chi connectivity index (χ3v) is 18.6. The first-order valence-electron chi connectivity index (χ1n) is 35.3. The summed E-state index contributed by atoms with van der Waals surface area (Å²) in [6, 6.07) is 31.4. The van der Waals surface area contributed by atoms with Crippen LogP contribution in [0.1, 0.15) is 137 Å². The molecule has 8 rings (SSSR count). The van der Waals surface area contributed by atoms with Crippen LogP contribution in [0.3, 0.4) is 0 Å². The number of carbonyl (C=O) groups excluding carboxylic acids is 10. The Hall–Kier alpha value is -8.89. The van der Waals surface area contributed by atoms with Gasteiger partial charge in [-0.1, -0.05) is 152 Å². The van der Waals surface area contributed by atoms with Crippen LogP contribution in [0.15, 0.2) is 138 Å². The van der Waals surface area contributed by atoms with Crippen molar-refractivity contribution in [2.75, 3.05) is 33.0 Å². The Morgan fingerprint density at radius 2 is 0.860 bits per heavy atom. The number of halogens is 1. The van der Waals surface area contributed by atoms with Crippen LogP contribution < -0.4 is 26.6 Å². The number of hydrogen-bond acceptors (Lipinski definition) is 22. The minimum absolute atomic E-state index is 0.0582. The van der Waals surface area contributed by atoms with E-state index in [2.05, 4.69) is 31.7 Å². The van der Waals surface area contributed by atoms with Crippen molar-refractivity contribution in [3.05, 3.63) is 158 Å². The molecule has 0 aliphatic rings. The minimum atomic E-state index is -0.671. The summed E-state index contributed by atoms with van der Waals surface area (Å²) < 4.78 is 38.8. The van der Waals surface area contributed by atoms with Gasteiger partial charge in [-0.3, -0.25) is 24.0 Å². The van der Waals surface area contributed by atoms with Gasteiger partial charge in [-0.15, -0.1) is 34.0 Å². The molecule has 8 aromatic rings. The first-order valence-corrected chi connectivity index (χ1v) is 39.1. The Bertz CT molecular complexity index is 3980. The lowest BCUT2D eigenvalue weighted by atomic mass is 10.1. The van der Waals surface area contributed by atoms with E-state index in [-0.39, 0.29) is 91.2 Å². The van der Waals surface area contributed by atoms with Gasteiger partial charge in [0.25, 0.3) is 0 Å². The van der Waals surface area contributed by atoms with Crippen LogP contribution >= 0.6 is 57.4 Å². The van der Waals surface area contributed by atoms with Crippen LogP contribution in [0, 0.1) is 36.5 Å². The van der Waals surface area contributed by atoms with Gasteiger partial charge in [0.15, 0.2) is 0 Å². The van der Waals surface area contributed by atoms with Gasteiger partial charge >= 0.3 is 29.8 Å². The quantitative estimate of drug-likeness (QED) is 0.0193. The second-order valence-corrected chi connectivity index (χ2v) is 32.2. The van der Waals surface area contributed by atoms with E-state index < -0.39 is 60.1 Å². The largest absolute Gasteiger partial charge is 0.464 e. The van der Waals surface area contributed by atoms with Gasteiger partial charge < -0.3 is 59.2 Å². The maximum absolute atomic E-state index is 12.2. The zero-order valence-corrected chi connectivity index (χ0v) is 67.8. The summed E-state index contributed by atoms with van der Waals surface area (Å²) in [6.07, 6.45) is 0.893. The first kappa shape index (κ1) is 90.5. The number of carbonyl (C=O) groups is 10. The summed E-state index contributed by atoms with van der Waals surface area (Å²) in [5, 5.41) is 22.9. The van der Waals surface area contributed by atoms with Crippen molar-refractivity contribution >= 4 is 138 Å². The molecule has 107 heavy (non-hydrogen) atoms. The van der Waals surface area contributed by atoms with Crippen molar-refractivity contribution in [3.8, 4) is 0 Å². The van der Waals surface area contributed by atoms with Crippen molar-refractivity contribution in [2.24, 2.45) is 29.6 Å². The van der Waals surface area contributed by atoms with Gasteiger partial charge in [-0.25, -0.2) is 24.0 Å². The number of aromatic nitrogens is 1. The molecule has 5 amide bonds. The molecule has 5 aromatic heterocycles. The van der Waals surface area contributed by atoms with E-state index in [1.807, 2.05) is 171 Å². The first-order chi connectivity index (χ1) is 50.6. The second kappa shape index (κ2) is 47.7. The highest BCUT2D eigenvalue weighted by Crippen LogP contribution is 2.35. The van der Waals surface area contributed by atoms with E-state index in [4.69, 9.17) is 44.2 Å². The molecule has 0 aliphatic carbocycles. The van der Waals surface area contributed by atoms with Crippen molar-refractivity contribution in [2.45, 2.75) is 182 Å². The minimum Gasteiger partial charge on any atom is -0.464 e. The number of furan rings is 1. The van der Waals surface area contributed by atoms with Gasteiger partial charge in [0.05, 0.1) is 79.4 Å². The van der Waals surface area contributed by atoms with E-state index in [1.54, 1.807) is 94.2 Å². The maximum atomic E-state index is 12.2. The summed E-state index contributed by atoms with van der Waals surface area (Å²) in [4.78, 5) is 120. The topological polar surface area (TPSA) is 316 Å². The number of benzene rings is 3. The van der Waals surface area contributed by atoms with Gasteiger partial charge in [0.2, 0.25) is 29.5 Å². The molecule has 23 nitrogen and oxygen atoms in total. The zero-order chi connectivity index (χ0) is 79.3. The van der Waals surface area contributed by atoms with E-state index in [1.165, 1.54) is 11.3 Å². The number of aryl methyl sites for hydroxylation is 1. The molecule has 0 bridgehead atoms. The molecular formula is C79H103ClN6O17S4. The van der Waals surface area contributed by atoms with Crippen molar-refractivity contribution in [1.82, 2.24) is 31.7 Å². The number of rotatable bonds is 32. The van der Waals surface area contributed by atoms with Crippen molar-refractivity contribution < 1.29 is 80.6 Å². The highest BCUT2D eigenvalue weighted by molar-refractivity contribution is 8.01. The molecule has 28 heteroatoms. The molecule has 0 saturated heterocycles. The second-order valence-electron chi connectivity index (χ2n) is 27.2. The Kier molecular flexibility index (Phi) is 40.4. The standard InChI is InChI=1S/C19H23NO3S2.C17H21NO4.C17H21NO3S.C13H18ClNO3S.C13H20N2O4/c1-13(2)12-23-18(22)14(3)20-17(21)11-15-9-10-24-19(15)25-16-7-5-4-6-8-16;1-11(2)10-21-17(20)12(3)18-16(19)9-14-8-13-6-4-5-7-15(13)22-14;1-11(2)9-21-17(20)12(3)18-16(19)8-13-10-22-15-7-5-4-6-14(13)15;1-8(2)7-18-13(17)9(3)15-12(16)6-10-4-5-11(14)19-10;1-8(2)7-18-13(17)10(4)14-12(16)6-11-5-9(3)15-19-11/h4-10,13-14H,11-12H2,1-3H3,(H,20,21);4-8,11-12H,9-10H2,1-3H3,(H,18,19);4-7,10-12H,8-9H2,1-3H3,(H,18,19);4-5,8-9H,6-7H2,1-3H3,(H,15,16);5,8,10H,6-7H2,1-4H3,(H,14,16)/t14-;2*12-;9-;10-/m00000/s1. The maximum Gasteiger partial charge on any atom is 0.328 e. The lowest BCUT2D eigenvalue weighted by Gasteiger charge is -2.14. The average Bonchev–Trinajstić information content (AvgIpc) is 1.70. The van der Waals surface area contributed by atoms with Crippen molar-refractivity contribution in [1.29, 1.82) is 0 Å². The smallest absolute Gasteiger partial charge is 0.328 e. The van der Waals surface area contributed by atoms with Gasteiger partial charge in [0.1, 0.15) is 47.3 Å². The predicted molar refractivity (Wildman–Crippen MR) is 419 cm³/mol. The molecule has 0 unspecified atom stereocenters. The number of fused-ring (bicyclic) bond motifs is 2. The number of nitrogens with zero attached hydrogens (tertiary/aromatic N) is 1. The fourth-order valence-corrected chi connectivity index (χ4v) is 12.9. The molecule has 582 valence electrons. The SMILES string of the molecule is CC(C)COC(=O)[C@H](C)NC(=O)Cc1cc2ccccc2o1.CC(C)COC(=O)[C@H](C)NC(=O)Cc1ccc(Cl)s1.CC(C)COC(=O)[C@H](C)NC(=O)Cc1ccsc1Sc1ccccc1.CC(C)COC(=O)[C@H](C)NC(=O)Cc1csc2ccccc12.Cc1cc(CC(=O)N[C@@H](C)C(=O)OCC(C)C)on1. The van der Waals surface area contributed by atoms with Gasteiger partial charge in [0, 0.05) is 25.9 Å². The van der Waals surface area contributed by atoms with E-state index in [9.17, 15) is 47.9 Å². The summed E-state index contributed by atoms with van der Waals surface area (Å²) in [6.45, 7) is 31.3. The molecule has 0 aliphatic heterocycles. The zero-order valence-electron chi connectivity index (χ0n) is 63.8. The number of hydrogen-bond donors (Lipinski definition) is 5. The van der Waals surface area contributed by atoms with Gasteiger partial charge in [-0.05, 0) is 147 Å². The summed E-state index contributed by atoms with van der Waals surface area (Å²) in [7, 11) is 0. The van der Waals surface area contributed by atoms with Crippen LogP contribution in [0.2, 0.25) is 4.34 Å². The van der Waals surface area contributed by atoms with Crippen LogP contribution in [0.25, 0.3) is 21.1 Å². The Labute approximate surface area is 648 Å². The third-order valence-electron chi connectivity index (χ3n) is 14.2. The average molecular weight is 1570 g/mol. The normalized spacial score (nSPS) is 12.2. The molecule has 0 radical (unpaired) electrons. The Morgan fingerprint density at radius 1 is 0.449 bits per heavy atom. The fourth-order valence-electron chi connectivity index (χ4n) is 8.82. The molecular weight excluding hydrogens is 1470 g/mol.